The summed E-state index contributed by atoms with van der Waals surface area (Å²) in [5.41, 5.74) is 1.75. The van der Waals surface area contributed by atoms with E-state index in [2.05, 4.69) is 0 Å². The van der Waals surface area contributed by atoms with E-state index in [1.807, 2.05) is 0 Å². The van der Waals surface area contributed by atoms with Crippen LogP contribution in [0.25, 0.3) is 0 Å². The Labute approximate surface area is 185 Å². The van der Waals surface area contributed by atoms with Crippen LogP contribution >= 0.6 is 0 Å². The summed E-state index contributed by atoms with van der Waals surface area (Å²) >= 11 is 0. The van der Waals surface area contributed by atoms with Crippen molar-refractivity contribution in [2.75, 3.05) is 32.2 Å². The molecule has 1 aliphatic rings. The van der Waals surface area contributed by atoms with Gasteiger partial charge in [0.2, 0.25) is 0 Å². The topological polar surface area (TPSA) is 76.2 Å². The first-order valence-corrected chi connectivity index (χ1v) is 10.1. The second kappa shape index (κ2) is 8.93. The molecule has 3 amide bonds. The summed E-state index contributed by atoms with van der Waals surface area (Å²) in [7, 11) is 3.07. The van der Waals surface area contributed by atoms with Crippen molar-refractivity contribution in [2.24, 2.45) is 0 Å². The van der Waals surface area contributed by atoms with Crippen molar-refractivity contribution < 1.29 is 23.9 Å². The van der Waals surface area contributed by atoms with E-state index in [0.29, 0.717) is 33.9 Å². The van der Waals surface area contributed by atoms with Gasteiger partial charge in [-0.1, -0.05) is 24.3 Å². The average Bonchev–Trinajstić information content (AvgIpc) is 3.09. The smallest absolute Gasteiger partial charge is 0.262 e. The predicted octanol–water partition coefficient (Wildman–Crippen LogP) is 3.65. The van der Waals surface area contributed by atoms with Crippen LogP contribution in [-0.4, -0.2) is 49.9 Å². The number of rotatable bonds is 7. The molecule has 4 rings (SSSR count). The van der Waals surface area contributed by atoms with E-state index in [-0.39, 0.29) is 30.8 Å². The number of hydrogen-bond acceptors (Lipinski definition) is 5. The van der Waals surface area contributed by atoms with Crippen molar-refractivity contribution in [3.8, 4) is 11.5 Å². The molecule has 0 atom stereocenters. The van der Waals surface area contributed by atoms with Gasteiger partial charge in [-0.2, -0.15) is 0 Å². The summed E-state index contributed by atoms with van der Waals surface area (Å²) in [6.45, 7) is 0.175. The molecule has 0 fully saturated rings. The van der Waals surface area contributed by atoms with Crippen LogP contribution in [0.4, 0.5) is 5.69 Å². The highest BCUT2D eigenvalue weighted by Gasteiger charge is 2.35. The van der Waals surface area contributed by atoms with Crippen LogP contribution in [-0.2, 0) is 0 Å². The van der Waals surface area contributed by atoms with Crippen LogP contribution in [0.3, 0.4) is 0 Å². The third kappa shape index (κ3) is 3.80. The summed E-state index contributed by atoms with van der Waals surface area (Å²) in [6.07, 6.45) is 0. The van der Waals surface area contributed by atoms with E-state index in [0.717, 1.165) is 0 Å². The highest BCUT2D eigenvalue weighted by molar-refractivity contribution is 6.21. The summed E-state index contributed by atoms with van der Waals surface area (Å²) in [5, 5.41) is 0. The number of methoxy groups -OCH3 is 2. The molecule has 0 bridgehead atoms. The molecule has 1 heterocycles. The van der Waals surface area contributed by atoms with E-state index >= 15 is 0 Å². The zero-order valence-corrected chi connectivity index (χ0v) is 17.8. The van der Waals surface area contributed by atoms with Crippen molar-refractivity contribution >= 4 is 23.4 Å². The molecule has 1 aliphatic heterocycles. The first kappa shape index (κ1) is 21.1. The van der Waals surface area contributed by atoms with Gasteiger partial charge < -0.3 is 14.4 Å². The Balaban J connectivity index is 1.63. The maximum atomic E-state index is 13.5. The molecule has 162 valence electrons. The van der Waals surface area contributed by atoms with Crippen LogP contribution < -0.4 is 14.4 Å². The molecule has 3 aromatic carbocycles. The zero-order chi connectivity index (χ0) is 22.7. The second-order valence-electron chi connectivity index (χ2n) is 7.16. The van der Waals surface area contributed by atoms with Crippen molar-refractivity contribution in [1.82, 2.24) is 4.90 Å². The molecule has 0 N–H and O–H groups in total. The highest BCUT2D eigenvalue weighted by atomic mass is 16.5. The molecule has 0 aromatic heterocycles. The third-order valence-electron chi connectivity index (χ3n) is 5.39. The minimum absolute atomic E-state index is 0.0548. The molecule has 3 aromatic rings. The number of fused-ring (bicyclic) bond motifs is 1. The molecule has 0 unspecified atom stereocenters. The summed E-state index contributed by atoms with van der Waals surface area (Å²) < 4.78 is 10.6. The first-order valence-electron chi connectivity index (χ1n) is 10.1. The fraction of sp³-hybridized carbons (Fsp3) is 0.160. The van der Waals surface area contributed by atoms with Crippen molar-refractivity contribution in [2.45, 2.75) is 0 Å². The van der Waals surface area contributed by atoms with E-state index in [9.17, 15) is 14.4 Å². The molecule has 0 aliphatic carbocycles. The highest BCUT2D eigenvalue weighted by Crippen LogP contribution is 2.26. The van der Waals surface area contributed by atoms with Gasteiger partial charge in [0.25, 0.3) is 17.7 Å². The Bertz CT molecular complexity index is 1140. The molecule has 0 spiro atoms. The summed E-state index contributed by atoms with van der Waals surface area (Å²) in [6, 6.07) is 20.7. The van der Waals surface area contributed by atoms with Crippen molar-refractivity contribution in [1.29, 1.82) is 0 Å². The fourth-order valence-corrected chi connectivity index (χ4v) is 3.72. The Morgan fingerprint density at radius 3 is 2.00 bits per heavy atom. The fourth-order valence-electron chi connectivity index (χ4n) is 3.72. The maximum Gasteiger partial charge on any atom is 0.262 e. The molecular formula is C25H22N2O5. The SMILES string of the molecule is COc1ccc(N(CCN2C(=O)c3ccccc3C2=O)C(=O)c2ccccc2OC)cc1. The van der Waals surface area contributed by atoms with Gasteiger partial charge in [0.1, 0.15) is 11.5 Å². The minimum atomic E-state index is -0.356. The molecule has 0 saturated heterocycles. The van der Waals surface area contributed by atoms with Gasteiger partial charge in [-0.25, -0.2) is 0 Å². The van der Waals surface area contributed by atoms with Gasteiger partial charge in [-0.15, -0.1) is 0 Å². The third-order valence-corrected chi connectivity index (χ3v) is 5.39. The first-order chi connectivity index (χ1) is 15.5. The number of nitrogens with zero attached hydrogens (tertiary/aromatic N) is 2. The summed E-state index contributed by atoms with van der Waals surface area (Å²) in [4.78, 5) is 41.7. The number of ether oxygens (including phenoxy) is 2. The van der Waals surface area contributed by atoms with Crippen LogP contribution in [0, 0.1) is 0 Å². The van der Waals surface area contributed by atoms with Crippen LogP contribution in [0.2, 0.25) is 0 Å². The van der Waals surface area contributed by atoms with Crippen LogP contribution in [0.15, 0.2) is 72.8 Å². The number of anilines is 1. The number of benzene rings is 3. The lowest BCUT2D eigenvalue weighted by Crippen LogP contribution is -2.41. The predicted molar refractivity (Wildman–Crippen MR) is 119 cm³/mol. The number of amides is 3. The molecule has 7 nitrogen and oxygen atoms in total. The lowest BCUT2D eigenvalue weighted by atomic mass is 10.1. The summed E-state index contributed by atoms with van der Waals surface area (Å²) in [5.74, 6) is 0.0785. The van der Waals surface area contributed by atoms with E-state index < -0.39 is 0 Å². The number of hydrogen-bond donors (Lipinski definition) is 0. The van der Waals surface area contributed by atoms with E-state index in [1.165, 1.54) is 16.9 Å². The average molecular weight is 430 g/mol. The minimum Gasteiger partial charge on any atom is -0.497 e. The van der Waals surface area contributed by atoms with Gasteiger partial charge in [-0.05, 0) is 48.5 Å². The molecular weight excluding hydrogens is 408 g/mol. The normalized spacial score (nSPS) is 12.5. The van der Waals surface area contributed by atoms with Gasteiger partial charge in [0, 0.05) is 18.8 Å². The van der Waals surface area contributed by atoms with Gasteiger partial charge in [0.05, 0.1) is 30.9 Å². The van der Waals surface area contributed by atoms with Crippen molar-refractivity contribution in [3.05, 3.63) is 89.5 Å². The quantitative estimate of drug-likeness (QED) is 0.535. The molecule has 0 saturated carbocycles. The monoisotopic (exact) mass is 430 g/mol. The second-order valence-corrected chi connectivity index (χ2v) is 7.16. The Morgan fingerprint density at radius 2 is 1.41 bits per heavy atom. The van der Waals surface area contributed by atoms with Crippen molar-refractivity contribution in [3.63, 3.8) is 0 Å². The lowest BCUT2D eigenvalue weighted by molar-refractivity contribution is 0.0654. The number of imide groups is 1. The van der Waals surface area contributed by atoms with Gasteiger partial charge in [0.15, 0.2) is 0 Å². The molecule has 7 heteroatoms. The van der Waals surface area contributed by atoms with Gasteiger partial charge >= 0.3 is 0 Å². The standard InChI is InChI=1S/C25H22N2O5/c1-31-18-13-11-17(12-14-18)26(25(30)21-9-5-6-10-22(21)32-2)15-16-27-23(28)19-7-3-4-8-20(19)24(27)29/h3-14H,15-16H2,1-2H3. The molecule has 32 heavy (non-hydrogen) atoms. The Kier molecular flexibility index (Phi) is 5.89. The number of carbonyl (C=O) groups excluding carboxylic acids is 3. The largest absolute Gasteiger partial charge is 0.497 e. The van der Waals surface area contributed by atoms with Crippen LogP contribution in [0.5, 0.6) is 11.5 Å². The van der Waals surface area contributed by atoms with E-state index in [4.69, 9.17) is 9.47 Å². The lowest BCUT2D eigenvalue weighted by Gasteiger charge is -2.26. The Morgan fingerprint density at radius 1 is 0.812 bits per heavy atom. The number of para-hydroxylation sites is 1. The Hall–Kier alpha value is -4.13. The van der Waals surface area contributed by atoms with Gasteiger partial charge in [-0.3, -0.25) is 19.3 Å². The maximum absolute atomic E-state index is 13.5. The number of carbonyl (C=O) groups is 3. The van der Waals surface area contributed by atoms with Crippen LogP contribution in [0.1, 0.15) is 31.1 Å². The zero-order valence-electron chi connectivity index (χ0n) is 17.8. The molecule has 0 radical (unpaired) electrons. The van der Waals surface area contributed by atoms with E-state index in [1.54, 1.807) is 79.9 Å².